The van der Waals surface area contributed by atoms with E-state index in [1.165, 1.54) is 4.70 Å². The fourth-order valence-electron chi connectivity index (χ4n) is 1.41. The van der Waals surface area contributed by atoms with Crippen LogP contribution < -0.4 is 5.32 Å². The summed E-state index contributed by atoms with van der Waals surface area (Å²) in [5.74, 6) is 0.251. The maximum absolute atomic E-state index is 11.9. The van der Waals surface area contributed by atoms with Crippen LogP contribution in [0.2, 0.25) is 0 Å². The Morgan fingerprint density at radius 3 is 2.88 bits per heavy atom. The summed E-state index contributed by atoms with van der Waals surface area (Å²) in [6.07, 6.45) is 0. The normalized spacial score (nSPS) is 11.7. The number of hydrogen-bond donors (Lipinski definition) is 1. The Morgan fingerprint density at radius 1 is 1.41 bits per heavy atom. The van der Waals surface area contributed by atoms with Gasteiger partial charge in [-0.25, -0.2) is 0 Å². The van der Waals surface area contributed by atoms with Crippen LogP contribution >= 0.6 is 22.9 Å². The molecule has 17 heavy (non-hydrogen) atoms. The lowest BCUT2D eigenvalue weighted by Gasteiger charge is -2.20. The first-order valence-electron chi connectivity index (χ1n) is 5.37. The molecule has 1 aromatic carbocycles. The van der Waals surface area contributed by atoms with Gasteiger partial charge in [-0.2, -0.15) is 0 Å². The summed E-state index contributed by atoms with van der Waals surface area (Å²) in [6.45, 7) is 3.66. The van der Waals surface area contributed by atoms with Crippen molar-refractivity contribution in [3.8, 4) is 0 Å². The van der Waals surface area contributed by atoms with E-state index in [-0.39, 0.29) is 5.91 Å². The molecule has 1 N–H and O–H groups in total. The highest BCUT2D eigenvalue weighted by Gasteiger charge is 2.26. The minimum atomic E-state index is -0.550. The van der Waals surface area contributed by atoms with E-state index in [1.807, 2.05) is 43.5 Å². The molecule has 0 radical (unpaired) electrons. The van der Waals surface area contributed by atoms with E-state index in [0.717, 1.165) is 11.1 Å². The van der Waals surface area contributed by atoms with Crippen molar-refractivity contribution < 1.29 is 4.79 Å². The number of benzene rings is 1. The Balaban J connectivity index is 2.21. The molecule has 0 unspecified atom stereocenters. The Bertz CT molecular complexity index is 547. The van der Waals surface area contributed by atoms with Crippen LogP contribution in [0.4, 0.5) is 5.69 Å². The van der Waals surface area contributed by atoms with E-state index in [9.17, 15) is 4.79 Å². The zero-order valence-electron chi connectivity index (χ0n) is 9.79. The minimum absolute atomic E-state index is 0.0536. The number of amides is 1. The standard InChI is InChI=1S/C13H14ClNOS/c1-13(2,8-14)12(16)15-10-3-4-11-9(7-10)5-6-17-11/h3-7H,8H2,1-2H3,(H,15,16). The molecule has 0 atom stereocenters. The van der Waals surface area contributed by atoms with Crippen LogP contribution in [0.25, 0.3) is 10.1 Å². The predicted molar refractivity (Wildman–Crippen MR) is 75.0 cm³/mol. The summed E-state index contributed by atoms with van der Waals surface area (Å²) in [5.41, 5.74) is 0.268. The van der Waals surface area contributed by atoms with Crippen LogP contribution in [0.15, 0.2) is 29.6 Å². The van der Waals surface area contributed by atoms with Gasteiger partial charge in [0.25, 0.3) is 0 Å². The van der Waals surface area contributed by atoms with Crippen LogP contribution in [-0.2, 0) is 4.79 Å². The average Bonchev–Trinajstić information content (AvgIpc) is 2.76. The van der Waals surface area contributed by atoms with Crippen LogP contribution in [0, 0.1) is 5.41 Å². The number of hydrogen-bond acceptors (Lipinski definition) is 2. The zero-order valence-corrected chi connectivity index (χ0v) is 11.4. The van der Waals surface area contributed by atoms with Gasteiger partial charge in [0.2, 0.25) is 5.91 Å². The molecule has 1 heterocycles. The van der Waals surface area contributed by atoms with Crippen molar-refractivity contribution in [2.75, 3.05) is 11.2 Å². The van der Waals surface area contributed by atoms with Gasteiger partial charge >= 0.3 is 0 Å². The molecule has 0 spiro atoms. The van der Waals surface area contributed by atoms with Gasteiger partial charge in [-0.15, -0.1) is 22.9 Å². The van der Waals surface area contributed by atoms with E-state index in [2.05, 4.69) is 5.32 Å². The predicted octanol–water partition coefficient (Wildman–Crippen LogP) is 4.10. The highest BCUT2D eigenvalue weighted by Crippen LogP contribution is 2.25. The van der Waals surface area contributed by atoms with Crippen molar-refractivity contribution >= 4 is 44.6 Å². The molecule has 2 nitrogen and oxygen atoms in total. The Morgan fingerprint density at radius 2 is 2.18 bits per heavy atom. The highest BCUT2D eigenvalue weighted by atomic mass is 35.5. The fraction of sp³-hybridized carbons (Fsp3) is 0.308. The van der Waals surface area contributed by atoms with Crippen molar-refractivity contribution in [1.29, 1.82) is 0 Å². The summed E-state index contributed by atoms with van der Waals surface area (Å²) in [5, 5.41) is 6.09. The third-order valence-electron chi connectivity index (χ3n) is 2.66. The lowest BCUT2D eigenvalue weighted by atomic mass is 9.95. The van der Waals surface area contributed by atoms with Crippen molar-refractivity contribution in [2.24, 2.45) is 5.41 Å². The third-order valence-corrected chi connectivity index (χ3v) is 4.23. The number of fused-ring (bicyclic) bond motifs is 1. The van der Waals surface area contributed by atoms with E-state index in [1.54, 1.807) is 11.3 Å². The SMILES string of the molecule is CC(C)(CCl)C(=O)Nc1ccc2sccc2c1. The van der Waals surface area contributed by atoms with E-state index in [4.69, 9.17) is 11.6 Å². The molecule has 2 rings (SSSR count). The zero-order chi connectivity index (χ0) is 12.5. The molecular weight excluding hydrogens is 254 g/mol. The molecule has 90 valence electrons. The van der Waals surface area contributed by atoms with Gasteiger partial charge < -0.3 is 5.32 Å². The van der Waals surface area contributed by atoms with Gasteiger partial charge in [0.05, 0.1) is 5.41 Å². The van der Waals surface area contributed by atoms with E-state index in [0.29, 0.717) is 5.88 Å². The minimum Gasteiger partial charge on any atom is -0.326 e. The topological polar surface area (TPSA) is 29.1 Å². The van der Waals surface area contributed by atoms with Gasteiger partial charge in [-0.05, 0) is 48.9 Å². The Kier molecular flexibility index (Phi) is 3.40. The molecule has 0 aliphatic carbocycles. The lowest BCUT2D eigenvalue weighted by molar-refractivity contribution is -0.122. The summed E-state index contributed by atoms with van der Waals surface area (Å²) < 4.78 is 1.22. The maximum Gasteiger partial charge on any atom is 0.231 e. The molecule has 4 heteroatoms. The van der Waals surface area contributed by atoms with Gasteiger partial charge in [0.15, 0.2) is 0 Å². The fourth-order valence-corrected chi connectivity index (χ4v) is 2.30. The van der Waals surface area contributed by atoms with Gasteiger partial charge in [0, 0.05) is 16.3 Å². The summed E-state index contributed by atoms with van der Waals surface area (Å²) in [6, 6.07) is 7.96. The second-order valence-electron chi connectivity index (χ2n) is 4.64. The molecule has 1 aromatic heterocycles. The van der Waals surface area contributed by atoms with Crippen LogP contribution in [0.3, 0.4) is 0 Å². The van der Waals surface area contributed by atoms with Gasteiger partial charge in [-0.1, -0.05) is 0 Å². The number of nitrogens with one attached hydrogen (secondary N) is 1. The van der Waals surface area contributed by atoms with Crippen molar-refractivity contribution in [3.63, 3.8) is 0 Å². The van der Waals surface area contributed by atoms with Crippen molar-refractivity contribution in [2.45, 2.75) is 13.8 Å². The number of anilines is 1. The monoisotopic (exact) mass is 267 g/mol. The number of thiophene rings is 1. The van der Waals surface area contributed by atoms with Crippen LogP contribution in [-0.4, -0.2) is 11.8 Å². The molecule has 0 fully saturated rings. The number of carbonyl (C=O) groups excluding carboxylic acids is 1. The summed E-state index contributed by atoms with van der Waals surface area (Å²) in [4.78, 5) is 11.9. The van der Waals surface area contributed by atoms with E-state index < -0.39 is 5.41 Å². The first kappa shape index (κ1) is 12.4. The summed E-state index contributed by atoms with van der Waals surface area (Å²) >= 11 is 7.46. The molecular formula is C13H14ClNOS. The Hall–Kier alpha value is -1.06. The molecule has 0 saturated carbocycles. The number of carbonyl (C=O) groups is 1. The van der Waals surface area contributed by atoms with Crippen molar-refractivity contribution in [3.05, 3.63) is 29.6 Å². The van der Waals surface area contributed by atoms with E-state index >= 15 is 0 Å². The molecule has 0 aliphatic rings. The van der Waals surface area contributed by atoms with Crippen LogP contribution in [0.5, 0.6) is 0 Å². The highest BCUT2D eigenvalue weighted by molar-refractivity contribution is 7.17. The first-order chi connectivity index (χ1) is 8.03. The second kappa shape index (κ2) is 4.67. The second-order valence-corrected chi connectivity index (χ2v) is 5.86. The van der Waals surface area contributed by atoms with Gasteiger partial charge in [0.1, 0.15) is 0 Å². The summed E-state index contributed by atoms with van der Waals surface area (Å²) in [7, 11) is 0. The number of rotatable bonds is 3. The maximum atomic E-state index is 11.9. The lowest BCUT2D eigenvalue weighted by Crippen LogP contribution is -2.32. The van der Waals surface area contributed by atoms with Gasteiger partial charge in [-0.3, -0.25) is 4.79 Å². The first-order valence-corrected chi connectivity index (χ1v) is 6.79. The average molecular weight is 268 g/mol. The quantitative estimate of drug-likeness (QED) is 0.834. The van der Waals surface area contributed by atoms with Crippen LogP contribution in [0.1, 0.15) is 13.8 Å². The Labute approximate surface area is 110 Å². The largest absolute Gasteiger partial charge is 0.326 e. The number of alkyl halides is 1. The molecule has 1 amide bonds. The molecule has 0 bridgehead atoms. The molecule has 0 saturated heterocycles. The van der Waals surface area contributed by atoms with Crippen molar-refractivity contribution in [1.82, 2.24) is 0 Å². The molecule has 2 aromatic rings. The number of halogens is 1. The smallest absolute Gasteiger partial charge is 0.231 e. The molecule has 0 aliphatic heterocycles. The third kappa shape index (κ3) is 2.61.